The highest BCUT2D eigenvalue weighted by atomic mass is 32.2. The van der Waals surface area contributed by atoms with Gasteiger partial charge in [-0.1, -0.05) is 0 Å². The van der Waals surface area contributed by atoms with Crippen LogP contribution in [0.5, 0.6) is 0 Å². The Morgan fingerprint density at radius 2 is 2.00 bits per heavy atom. The van der Waals surface area contributed by atoms with Gasteiger partial charge in [-0.25, -0.2) is 0 Å². The van der Waals surface area contributed by atoms with Gasteiger partial charge in [-0.2, -0.15) is 11.8 Å². The predicted molar refractivity (Wildman–Crippen MR) is 75.3 cm³/mol. The Kier molecular flexibility index (Phi) is 4.73. The lowest BCUT2D eigenvalue weighted by Gasteiger charge is -2.41. The highest BCUT2D eigenvalue weighted by Gasteiger charge is 2.29. The van der Waals surface area contributed by atoms with Crippen molar-refractivity contribution in [2.75, 3.05) is 25.4 Å². The third kappa shape index (κ3) is 5.07. The van der Waals surface area contributed by atoms with Crippen molar-refractivity contribution in [1.29, 1.82) is 0 Å². The van der Waals surface area contributed by atoms with Crippen LogP contribution in [0.2, 0.25) is 0 Å². The Balaban J connectivity index is 2.39. The SMILES string of the molecule is CC(CNC(C)(C)C)N1CCSC(C)(C)C1. The minimum absolute atomic E-state index is 0.230. The van der Waals surface area contributed by atoms with E-state index in [0.29, 0.717) is 10.8 Å². The van der Waals surface area contributed by atoms with Gasteiger partial charge in [-0.05, 0) is 41.5 Å². The largest absolute Gasteiger partial charge is 0.311 e. The molecule has 16 heavy (non-hydrogen) atoms. The number of hydrogen-bond acceptors (Lipinski definition) is 3. The van der Waals surface area contributed by atoms with Gasteiger partial charge in [0.1, 0.15) is 0 Å². The van der Waals surface area contributed by atoms with Crippen LogP contribution in [-0.4, -0.2) is 46.6 Å². The highest BCUT2D eigenvalue weighted by Crippen LogP contribution is 2.30. The van der Waals surface area contributed by atoms with Crippen LogP contribution in [0.3, 0.4) is 0 Å². The van der Waals surface area contributed by atoms with Gasteiger partial charge in [0.25, 0.3) is 0 Å². The van der Waals surface area contributed by atoms with E-state index in [-0.39, 0.29) is 5.54 Å². The minimum atomic E-state index is 0.230. The molecule has 2 nitrogen and oxygen atoms in total. The second-order valence-electron chi connectivity index (χ2n) is 6.56. The third-order valence-electron chi connectivity index (χ3n) is 3.01. The van der Waals surface area contributed by atoms with E-state index in [0.717, 1.165) is 6.54 Å². The fourth-order valence-corrected chi connectivity index (χ4v) is 3.15. The highest BCUT2D eigenvalue weighted by molar-refractivity contribution is 8.00. The van der Waals surface area contributed by atoms with Crippen molar-refractivity contribution in [2.45, 2.75) is 57.9 Å². The quantitative estimate of drug-likeness (QED) is 0.821. The molecule has 0 aromatic rings. The summed E-state index contributed by atoms with van der Waals surface area (Å²) in [5.41, 5.74) is 0.230. The van der Waals surface area contributed by atoms with Gasteiger partial charge in [0.05, 0.1) is 0 Å². The molecule has 0 saturated carbocycles. The first-order valence-corrected chi connectivity index (χ1v) is 7.31. The summed E-state index contributed by atoms with van der Waals surface area (Å²) < 4.78 is 0.425. The summed E-state index contributed by atoms with van der Waals surface area (Å²) in [5, 5.41) is 3.60. The molecule has 0 spiro atoms. The van der Waals surface area contributed by atoms with E-state index >= 15 is 0 Å². The van der Waals surface area contributed by atoms with Crippen molar-refractivity contribution < 1.29 is 0 Å². The molecule has 0 radical (unpaired) electrons. The number of thioether (sulfide) groups is 1. The van der Waals surface area contributed by atoms with Crippen molar-refractivity contribution >= 4 is 11.8 Å². The van der Waals surface area contributed by atoms with E-state index in [1.807, 2.05) is 0 Å². The Morgan fingerprint density at radius 3 is 2.50 bits per heavy atom. The Bertz CT molecular complexity index is 220. The number of nitrogens with zero attached hydrogens (tertiary/aromatic N) is 1. The summed E-state index contributed by atoms with van der Waals surface area (Å²) in [6.45, 7) is 17.3. The van der Waals surface area contributed by atoms with Gasteiger partial charge in [-0.3, -0.25) is 4.90 Å². The van der Waals surface area contributed by atoms with Crippen LogP contribution in [0.4, 0.5) is 0 Å². The molecule has 1 saturated heterocycles. The zero-order valence-electron chi connectivity index (χ0n) is 11.8. The van der Waals surface area contributed by atoms with Crippen molar-refractivity contribution in [3.05, 3.63) is 0 Å². The summed E-state index contributed by atoms with van der Waals surface area (Å²) in [6, 6.07) is 0.638. The molecule has 0 amide bonds. The van der Waals surface area contributed by atoms with Crippen LogP contribution in [0.1, 0.15) is 41.5 Å². The van der Waals surface area contributed by atoms with Gasteiger partial charge in [0.2, 0.25) is 0 Å². The van der Waals surface area contributed by atoms with E-state index < -0.39 is 0 Å². The molecule has 0 aromatic heterocycles. The van der Waals surface area contributed by atoms with Crippen LogP contribution in [0.25, 0.3) is 0 Å². The summed E-state index contributed by atoms with van der Waals surface area (Å²) >= 11 is 2.10. The van der Waals surface area contributed by atoms with Crippen LogP contribution >= 0.6 is 11.8 Å². The Hall–Kier alpha value is 0.270. The summed E-state index contributed by atoms with van der Waals surface area (Å²) in [6.07, 6.45) is 0. The fourth-order valence-electron chi connectivity index (χ4n) is 2.01. The molecule has 0 aliphatic carbocycles. The average molecular weight is 244 g/mol. The van der Waals surface area contributed by atoms with Gasteiger partial charge >= 0.3 is 0 Å². The average Bonchev–Trinajstić information content (AvgIpc) is 2.11. The number of nitrogens with one attached hydrogen (secondary N) is 1. The molecule has 1 heterocycles. The lowest BCUT2D eigenvalue weighted by atomic mass is 10.1. The predicted octanol–water partition coefficient (Wildman–Crippen LogP) is 2.59. The Morgan fingerprint density at radius 1 is 1.38 bits per heavy atom. The van der Waals surface area contributed by atoms with Gasteiger partial charge < -0.3 is 5.32 Å². The zero-order valence-corrected chi connectivity index (χ0v) is 12.6. The van der Waals surface area contributed by atoms with Crippen LogP contribution in [0, 0.1) is 0 Å². The molecule has 1 rings (SSSR count). The van der Waals surface area contributed by atoms with Crippen LogP contribution in [-0.2, 0) is 0 Å². The first kappa shape index (κ1) is 14.3. The van der Waals surface area contributed by atoms with E-state index in [1.54, 1.807) is 0 Å². The van der Waals surface area contributed by atoms with E-state index in [2.05, 4.69) is 63.5 Å². The first-order valence-electron chi connectivity index (χ1n) is 6.33. The number of hydrogen-bond donors (Lipinski definition) is 1. The second kappa shape index (κ2) is 5.28. The van der Waals surface area contributed by atoms with Gasteiger partial charge in [0.15, 0.2) is 0 Å². The standard InChI is InChI=1S/C13H28N2S/c1-11(9-14-12(2,3)4)15-7-8-16-13(5,6)10-15/h11,14H,7-10H2,1-6H3. The molecule has 1 atom stereocenters. The van der Waals surface area contributed by atoms with Crippen LogP contribution < -0.4 is 5.32 Å². The third-order valence-corrected chi connectivity index (χ3v) is 4.30. The van der Waals surface area contributed by atoms with E-state index in [1.165, 1.54) is 18.8 Å². The molecular formula is C13H28N2S. The van der Waals surface area contributed by atoms with E-state index in [4.69, 9.17) is 0 Å². The maximum absolute atomic E-state index is 3.60. The maximum Gasteiger partial charge on any atom is 0.0231 e. The normalized spacial score (nSPS) is 24.4. The lowest BCUT2D eigenvalue weighted by molar-refractivity contribution is 0.186. The van der Waals surface area contributed by atoms with Crippen LogP contribution in [0.15, 0.2) is 0 Å². The minimum Gasteiger partial charge on any atom is -0.311 e. The smallest absolute Gasteiger partial charge is 0.0231 e. The Labute approximate surface area is 106 Å². The van der Waals surface area contributed by atoms with Crippen molar-refractivity contribution in [3.63, 3.8) is 0 Å². The fraction of sp³-hybridized carbons (Fsp3) is 1.00. The molecule has 1 N–H and O–H groups in total. The summed E-state index contributed by atoms with van der Waals surface area (Å²) in [7, 11) is 0. The van der Waals surface area contributed by atoms with E-state index in [9.17, 15) is 0 Å². The molecule has 1 aliphatic heterocycles. The van der Waals surface area contributed by atoms with Crippen molar-refractivity contribution in [1.82, 2.24) is 10.2 Å². The number of rotatable bonds is 3. The molecule has 1 fully saturated rings. The topological polar surface area (TPSA) is 15.3 Å². The molecule has 1 aliphatic rings. The van der Waals surface area contributed by atoms with Gasteiger partial charge in [-0.15, -0.1) is 0 Å². The monoisotopic (exact) mass is 244 g/mol. The second-order valence-corrected chi connectivity index (χ2v) is 8.36. The molecule has 96 valence electrons. The molecule has 0 bridgehead atoms. The van der Waals surface area contributed by atoms with Crippen molar-refractivity contribution in [2.24, 2.45) is 0 Å². The zero-order chi connectivity index (χ0) is 12.4. The molecule has 1 unspecified atom stereocenters. The molecular weight excluding hydrogens is 216 g/mol. The molecule has 0 aromatic carbocycles. The van der Waals surface area contributed by atoms with Crippen molar-refractivity contribution in [3.8, 4) is 0 Å². The lowest BCUT2D eigenvalue weighted by Crippen LogP contribution is -2.52. The molecule has 3 heteroatoms. The summed E-state index contributed by atoms with van der Waals surface area (Å²) in [5.74, 6) is 1.27. The summed E-state index contributed by atoms with van der Waals surface area (Å²) in [4.78, 5) is 2.62. The maximum atomic E-state index is 3.60. The van der Waals surface area contributed by atoms with Gasteiger partial charge in [0, 0.05) is 41.7 Å². The first-order chi connectivity index (χ1) is 7.20.